The van der Waals surface area contributed by atoms with Crippen molar-refractivity contribution < 1.29 is 0 Å². The van der Waals surface area contributed by atoms with Crippen LogP contribution in [0.1, 0.15) is 36.8 Å². The Kier molecular flexibility index (Phi) is 5.25. The van der Waals surface area contributed by atoms with Crippen molar-refractivity contribution in [1.82, 2.24) is 4.90 Å². The van der Waals surface area contributed by atoms with E-state index in [1.165, 1.54) is 36.8 Å². The predicted molar refractivity (Wildman–Crippen MR) is 81.4 cm³/mol. The molecule has 1 heterocycles. The Morgan fingerprint density at radius 3 is 2.37 bits per heavy atom. The zero-order valence-electron chi connectivity index (χ0n) is 11.9. The summed E-state index contributed by atoms with van der Waals surface area (Å²) in [5.74, 6) is 0.731. The Bertz CT molecular complexity index is 401. The second kappa shape index (κ2) is 7.17. The van der Waals surface area contributed by atoms with Crippen LogP contribution in [-0.4, -0.2) is 30.5 Å². The lowest BCUT2D eigenvalue weighted by molar-refractivity contribution is 0.428. The molecule has 1 aliphatic heterocycles. The van der Waals surface area contributed by atoms with Crippen LogP contribution in [0.4, 0.5) is 0 Å². The fraction of sp³-hybridized carbons (Fsp3) is 0.562. The quantitative estimate of drug-likeness (QED) is 0.670. The molecule has 0 spiro atoms. The van der Waals surface area contributed by atoms with E-state index in [1.54, 1.807) is 0 Å². The molecule has 19 heavy (non-hydrogen) atoms. The zero-order valence-corrected chi connectivity index (χ0v) is 11.9. The molecule has 0 aliphatic carbocycles. The van der Waals surface area contributed by atoms with Gasteiger partial charge in [0.05, 0.1) is 0 Å². The van der Waals surface area contributed by atoms with Crippen LogP contribution in [0.25, 0.3) is 0 Å². The fourth-order valence-electron chi connectivity index (χ4n) is 2.45. The highest BCUT2D eigenvalue weighted by Gasteiger charge is 2.10. The number of benzene rings is 1. The molecule has 0 saturated carbocycles. The first-order valence-corrected chi connectivity index (χ1v) is 7.36. The minimum absolute atomic E-state index is 0.731. The van der Waals surface area contributed by atoms with Crippen molar-refractivity contribution in [2.45, 2.75) is 39.0 Å². The van der Waals surface area contributed by atoms with Gasteiger partial charge >= 0.3 is 0 Å². The summed E-state index contributed by atoms with van der Waals surface area (Å²) >= 11 is 0. The minimum atomic E-state index is 0.731. The molecule has 1 fully saturated rings. The molecule has 2 N–H and O–H groups in total. The van der Waals surface area contributed by atoms with Crippen LogP contribution < -0.4 is 5.73 Å². The van der Waals surface area contributed by atoms with E-state index in [0.29, 0.717) is 0 Å². The zero-order chi connectivity index (χ0) is 13.5. The molecule has 1 aliphatic rings. The smallest absolute Gasteiger partial charge is 0.191 e. The van der Waals surface area contributed by atoms with Crippen LogP contribution in [0, 0.1) is 6.92 Å². The largest absolute Gasteiger partial charge is 0.370 e. The summed E-state index contributed by atoms with van der Waals surface area (Å²) in [4.78, 5) is 6.77. The maximum Gasteiger partial charge on any atom is 0.191 e. The van der Waals surface area contributed by atoms with E-state index in [1.807, 2.05) is 0 Å². The maximum atomic E-state index is 6.08. The molecular formula is C16H25N3. The lowest BCUT2D eigenvalue weighted by atomic mass is 10.1. The van der Waals surface area contributed by atoms with E-state index in [9.17, 15) is 0 Å². The monoisotopic (exact) mass is 259 g/mol. The summed E-state index contributed by atoms with van der Waals surface area (Å²) < 4.78 is 0. The summed E-state index contributed by atoms with van der Waals surface area (Å²) in [5.41, 5.74) is 8.72. The van der Waals surface area contributed by atoms with Gasteiger partial charge in [0, 0.05) is 19.6 Å². The number of aryl methyl sites for hydroxylation is 1. The average molecular weight is 259 g/mol. The fourth-order valence-corrected chi connectivity index (χ4v) is 2.45. The van der Waals surface area contributed by atoms with Gasteiger partial charge in [-0.15, -0.1) is 0 Å². The Morgan fingerprint density at radius 1 is 1.11 bits per heavy atom. The van der Waals surface area contributed by atoms with E-state index >= 15 is 0 Å². The van der Waals surface area contributed by atoms with Crippen LogP contribution in [0.15, 0.2) is 29.3 Å². The Labute approximate surface area is 116 Å². The SMILES string of the molecule is Cc1ccc(CCN=C(N)N2CCCCCC2)cc1. The molecule has 3 heteroatoms. The summed E-state index contributed by atoms with van der Waals surface area (Å²) in [7, 11) is 0. The van der Waals surface area contributed by atoms with Crippen LogP contribution in [0.2, 0.25) is 0 Å². The molecule has 2 rings (SSSR count). The number of likely N-dealkylation sites (tertiary alicyclic amines) is 1. The van der Waals surface area contributed by atoms with Gasteiger partial charge in [0.15, 0.2) is 5.96 Å². The first-order chi connectivity index (χ1) is 9.25. The molecule has 0 radical (unpaired) electrons. The van der Waals surface area contributed by atoms with Gasteiger partial charge in [0.25, 0.3) is 0 Å². The standard InChI is InChI=1S/C16H25N3/c1-14-6-8-15(9-7-14)10-11-18-16(17)19-12-4-2-3-5-13-19/h6-9H,2-5,10-13H2,1H3,(H2,17,18). The topological polar surface area (TPSA) is 41.6 Å². The van der Waals surface area contributed by atoms with Crippen LogP contribution >= 0.6 is 0 Å². The second-order valence-electron chi connectivity index (χ2n) is 5.38. The van der Waals surface area contributed by atoms with Crippen LogP contribution in [0.5, 0.6) is 0 Å². The highest BCUT2D eigenvalue weighted by molar-refractivity contribution is 5.78. The summed E-state index contributed by atoms with van der Waals surface area (Å²) in [5, 5.41) is 0. The van der Waals surface area contributed by atoms with Crippen LogP contribution in [-0.2, 0) is 6.42 Å². The van der Waals surface area contributed by atoms with Crippen molar-refractivity contribution >= 4 is 5.96 Å². The van der Waals surface area contributed by atoms with Gasteiger partial charge in [0.1, 0.15) is 0 Å². The number of nitrogens with two attached hydrogens (primary N) is 1. The summed E-state index contributed by atoms with van der Waals surface area (Å²) in [6.45, 7) is 5.03. The number of hydrogen-bond acceptors (Lipinski definition) is 1. The van der Waals surface area contributed by atoms with Gasteiger partial charge in [-0.25, -0.2) is 0 Å². The summed E-state index contributed by atoms with van der Waals surface area (Å²) in [6, 6.07) is 8.65. The third kappa shape index (κ3) is 4.58. The number of guanidine groups is 1. The molecule has 0 amide bonds. The lowest BCUT2D eigenvalue weighted by Gasteiger charge is -2.21. The molecule has 104 valence electrons. The Balaban J connectivity index is 1.82. The third-order valence-electron chi connectivity index (χ3n) is 3.72. The molecule has 1 aromatic rings. The lowest BCUT2D eigenvalue weighted by Crippen LogP contribution is -2.38. The van der Waals surface area contributed by atoms with Crippen molar-refractivity contribution in [2.75, 3.05) is 19.6 Å². The van der Waals surface area contributed by atoms with Crippen molar-refractivity contribution in [1.29, 1.82) is 0 Å². The molecule has 1 aromatic carbocycles. The van der Waals surface area contributed by atoms with Gasteiger partial charge in [-0.05, 0) is 31.7 Å². The van der Waals surface area contributed by atoms with E-state index in [2.05, 4.69) is 41.1 Å². The molecule has 1 saturated heterocycles. The van der Waals surface area contributed by atoms with Crippen molar-refractivity contribution in [3.8, 4) is 0 Å². The number of rotatable bonds is 3. The first-order valence-electron chi connectivity index (χ1n) is 7.36. The Morgan fingerprint density at radius 2 is 1.74 bits per heavy atom. The van der Waals surface area contributed by atoms with E-state index in [-0.39, 0.29) is 0 Å². The number of nitrogens with zero attached hydrogens (tertiary/aromatic N) is 2. The first kappa shape index (κ1) is 13.9. The summed E-state index contributed by atoms with van der Waals surface area (Å²) in [6.07, 6.45) is 6.11. The van der Waals surface area contributed by atoms with E-state index < -0.39 is 0 Å². The number of hydrogen-bond donors (Lipinski definition) is 1. The number of aliphatic imine (C=N–C) groups is 1. The van der Waals surface area contributed by atoms with Crippen molar-refractivity contribution in [3.05, 3.63) is 35.4 Å². The van der Waals surface area contributed by atoms with Gasteiger partial charge in [0.2, 0.25) is 0 Å². The van der Waals surface area contributed by atoms with Crippen molar-refractivity contribution in [2.24, 2.45) is 10.7 Å². The maximum absolute atomic E-state index is 6.08. The Hall–Kier alpha value is -1.51. The molecule has 0 bridgehead atoms. The second-order valence-corrected chi connectivity index (χ2v) is 5.38. The highest BCUT2D eigenvalue weighted by atomic mass is 15.2. The van der Waals surface area contributed by atoms with Gasteiger partial charge < -0.3 is 10.6 Å². The van der Waals surface area contributed by atoms with E-state index in [0.717, 1.165) is 32.0 Å². The van der Waals surface area contributed by atoms with Crippen molar-refractivity contribution in [3.63, 3.8) is 0 Å². The molecule has 0 atom stereocenters. The molecule has 0 aromatic heterocycles. The predicted octanol–water partition coefficient (Wildman–Crippen LogP) is 2.73. The van der Waals surface area contributed by atoms with Gasteiger partial charge in [-0.1, -0.05) is 42.7 Å². The third-order valence-corrected chi connectivity index (χ3v) is 3.72. The molecular weight excluding hydrogens is 234 g/mol. The normalized spacial score (nSPS) is 17.3. The van der Waals surface area contributed by atoms with Gasteiger partial charge in [-0.2, -0.15) is 0 Å². The minimum Gasteiger partial charge on any atom is -0.370 e. The highest BCUT2D eigenvalue weighted by Crippen LogP contribution is 2.09. The van der Waals surface area contributed by atoms with Crippen LogP contribution in [0.3, 0.4) is 0 Å². The van der Waals surface area contributed by atoms with E-state index in [4.69, 9.17) is 5.73 Å². The van der Waals surface area contributed by atoms with Gasteiger partial charge in [-0.3, -0.25) is 4.99 Å². The average Bonchev–Trinajstić information content (AvgIpc) is 2.70. The molecule has 3 nitrogen and oxygen atoms in total. The molecule has 0 unspecified atom stereocenters.